The molecule has 0 aliphatic heterocycles. The second-order valence-corrected chi connectivity index (χ2v) is 20.8. The molecule has 5 heteroatoms. The van der Waals surface area contributed by atoms with Crippen molar-refractivity contribution in [3.05, 3.63) is 18.5 Å². The van der Waals surface area contributed by atoms with Crippen LogP contribution in [0.3, 0.4) is 0 Å². The first-order chi connectivity index (χ1) is 8.08. The summed E-state index contributed by atoms with van der Waals surface area (Å²) in [7, 11) is 0. The van der Waals surface area contributed by atoms with E-state index >= 15 is 0 Å². The van der Waals surface area contributed by atoms with Crippen molar-refractivity contribution in [3.63, 3.8) is 0 Å². The van der Waals surface area contributed by atoms with E-state index in [9.17, 15) is 4.79 Å². The van der Waals surface area contributed by atoms with Crippen LogP contribution in [-0.2, 0) is 4.74 Å². The van der Waals surface area contributed by atoms with Crippen molar-refractivity contribution in [2.45, 2.75) is 41.2 Å². The van der Waals surface area contributed by atoms with Gasteiger partial charge in [0.2, 0.25) is 0 Å². The van der Waals surface area contributed by atoms with E-state index in [-0.39, 0.29) is 0 Å². The van der Waals surface area contributed by atoms with Gasteiger partial charge in [0, 0.05) is 0 Å². The second kappa shape index (κ2) is 5.46. The van der Waals surface area contributed by atoms with Gasteiger partial charge in [-0.15, -0.1) is 0 Å². The fourth-order valence-corrected chi connectivity index (χ4v) is 4.34. The monoisotopic (exact) mass is 358 g/mol. The molecule has 0 aliphatic rings. The zero-order valence-electron chi connectivity index (χ0n) is 12.0. The number of hydrogen-bond acceptors (Lipinski definition) is 3. The van der Waals surface area contributed by atoms with E-state index in [1.807, 2.05) is 33.0 Å². The molecule has 0 saturated carbocycles. The van der Waals surface area contributed by atoms with Gasteiger partial charge < -0.3 is 0 Å². The molecule has 1 heterocycles. The SMILES string of the molecule is CC(C)(C)OC(=O)Nc1cnc[c]([Sn]([CH3])([CH3])[CH3])c1. The first-order valence-corrected chi connectivity index (χ1v) is 16.0. The first kappa shape index (κ1) is 15.3. The normalized spacial score (nSPS) is 12.1. The third-order valence-electron chi connectivity index (χ3n) is 2.25. The van der Waals surface area contributed by atoms with E-state index in [0.717, 1.165) is 0 Å². The quantitative estimate of drug-likeness (QED) is 0.829. The molecule has 1 aromatic heterocycles. The van der Waals surface area contributed by atoms with Crippen LogP contribution in [0.25, 0.3) is 0 Å². The topological polar surface area (TPSA) is 51.2 Å². The molecule has 0 saturated heterocycles. The molecular weight excluding hydrogens is 335 g/mol. The molecular formula is C13H22N2O2Sn. The fraction of sp³-hybridized carbons (Fsp3) is 0.538. The van der Waals surface area contributed by atoms with Crippen LogP contribution < -0.4 is 8.90 Å². The van der Waals surface area contributed by atoms with Gasteiger partial charge in [-0.1, -0.05) is 0 Å². The minimum atomic E-state index is -2.14. The molecule has 0 radical (unpaired) electrons. The van der Waals surface area contributed by atoms with Crippen LogP contribution >= 0.6 is 0 Å². The number of ether oxygens (including phenoxy) is 1. The molecule has 4 nitrogen and oxygen atoms in total. The van der Waals surface area contributed by atoms with E-state index in [1.165, 1.54) is 3.58 Å². The van der Waals surface area contributed by atoms with Crippen molar-refractivity contribution >= 4 is 33.7 Å². The van der Waals surface area contributed by atoms with Crippen molar-refractivity contribution in [1.82, 2.24) is 4.98 Å². The molecule has 0 fully saturated rings. The number of amides is 1. The number of aromatic nitrogens is 1. The zero-order chi connectivity index (χ0) is 14.0. The summed E-state index contributed by atoms with van der Waals surface area (Å²) in [5, 5.41) is 2.72. The van der Waals surface area contributed by atoms with Gasteiger partial charge in [0.15, 0.2) is 0 Å². The summed E-state index contributed by atoms with van der Waals surface area (Å²) in [5.41, 5.74) is 0.214. The zero-order valence-corrected chi connectivity index (χ0v) is 14.8. The Balaban J connectivity index is 2.77. The molecule has 0 aromatic carbocycles. The van der Waals surface area contributed by atoms with Gasteiger partial charge in [0.1, 0.15) is 0 Å². The molecule has 18 heavy (non-hydrogen) atoms. The Bertz CT molecular complexity index is 433. The van der Waals surface area contributed by atoms with Crippen LogP contribution in [0.1, 0.15) is 20.8 Å². The standard InChI is InChI=1S/C10H13N2O2.3CH3.Sn/c1-10(2,3)14-9(13)12-8-5-4-6-11-7-8;;;;/h5-7H,1-3H3,(H,12,13);3*1H3;. The molecule has 0 bridgehead atoms. The molecule has 1 aromatic rings. The van der Waals surface area contributed by atoms with Gasteiger partial charge in [0.05, 0.1) is 0 Å². The first-order valence-electron chi connectivity index (χ1n) is 6.03. The van der Waals surface area contributed by atoms with Gasteiger partial charge in [-0.3, -0.25) is 0 Å². The van der Waals surface area contributed by atoms with E-state index in [1.54, 1.807) is 6.20 Å². The molecule has 0 unspecified atom stereocenters. The van der Waals surface area contributed by atoms with E-state index in [2.05, 4.69) is 25.1 Å². The number of nitrogens with zero attached hydrogens (tertiary/aromatic N) is 1. The Kier molecular flexibility index (Phi) is 4.64. The van der Waals surface area contributed by atoms with Crippen molar-refractivity contribution in [2.24, 2.45) is 0 Å². The Morgan fingerprint density at radius 3 is 2.39 bits per heavy atom. The molecule has 1 amide bonds. The van der Waals surface area contributed by atoms with Crippen molar-refractivity contribution in [2.75, 3.05) is 5.32 Å². The summed E-state index contributed by atoms with van der Waals surface area (Å²) in [5.74, 6) is 0. The number of pyridine rings is 1. The number of hydrogen-bond donors (Lipinski definition) is 1. The van der Waals surface area contributed by atoms with E-state index in [0.29, 0.717) is 5.69 Å². The Hall–Kier alpha value is -0.781. The summed E-state index contributed by atoms with van der Waals surface area (Å²) in [6, 6.07) is 2.01. The summed E-state index contributed by atoms with van der Waals surface area (Å²) in [4.78, 5) is 22.8. The molecule has 100 valence electrons. The van der Waals surface area contributed by atoms with Crippen LogP contribution in [0.15, 0.2) is 18.5 Å². The predicted molar refractivity (Wildman–Crippen MR) is 77.1 cm³/mol. The summed E-state index contributed by atoms with van der Waals surface area (Å²) < 4.78 is 6.48. The van der Waals surface area contributed by atoms with Gasteiger partial charge >= 0.3 is 113 Å². The number of carbonyl (C=O) groups is 1. The summed E-state index contributed by atoms with van der Waals surface area (Å²) in [6.07, 6.45) is 3.10. The third kappa shape index (κ3) is 5.25. The van der Waals surface area contributed by atoms with Crippen LogP contribution in [0.2, 0.25) is 14.8 Å². The Labute approximate surface area is 113 Å². The second-order valence-electron chi connectivity index (χ2n) is 6.34. The average molecular weight is 357 g/mol. The van der Waals surface area contributed by atoms with Crippen LogP contribution in [0.4, 0.5) is 10.5 Å². The number of carbonyl (C=O) groups excluding carboxylic acids is 1. The Morgan fingerprint density at radius 1 is 1.28 bits per heavy atom. The molecule has 0 spiro atoms. The molecule has 0 atom stereocenters. The average Bonchev–Trinajstić information content (AvgIpc) is 2.13. The summed E-state index contributed by atoms with van der Waals surface area (Å²) in [6.45, 7) is 5.52. The van der Waals surface area contributed by atoms with E-state index in [4.69, 9.17) is 4.74 Å². The van der Waals surface area contributed by atoms with Gasteiger partial charge in [0.25, 0.3) is 0 Å². The number of rotatable bonds is 2. The number of nitrogens with one attached hydrogen (secondary N) is 1. The molecule has 0 aliphatic carbocycles. The molecule has 1 rings (SSSR count). The molecule has 1 N–H and O–H groups in total. The third-order valence-corrected chi connectivity index (χ3v) is 7.97. The van der Waals surface area contributed by atoms with Gasteiger partial charge in [-0.05, 0) is 0 Å². The fourth-order valence-electron chi connectivity index (χ4n) is 1.34. The van der Waals surface area contributed by atoms with Gasteiger partial charge in [-0.2, -0.15) is 0 Å². The van der Waals surface area contributed by atoms with Crippen molar-refractivity contribution in [1.29, 1.82) is 0 Å². The summed E-state index contributed by atoms with van der Waals surface area (Å²) >= 11 is -2.14. The maximum atomic E-state index is 11.6. The van der Waals surface area contributed by atoms with E-state index < -0.39 is 30.1 Å². The van der Waals surface area contributed by atoms with Crippen molar-refractivity contribution in [3.8, 4) is 0 Å². The maximum absolute atomic E-state index is 11.6. The number of anilines is 1. The van der Waals surface area contributed by atoms with Crippen molar-refractivity contribution < 1.29 is 9.53 Å². The van der Waals surface area contributed by atoms with Crippen LogP contribution in [-0.4, -0.2) is 35.1 Å². The van der Waals surface area contributed by atoms with Gasteiger partial charge in [-0.25, -0.2) is 0 Å². The Morgan fingerprint density at radius 2 is 1.89 bits per heavy atom. The minimum absolute atomic E-state index is 0.439. The van der Waals surface area contributed by atoms with Crippen LogP contribution in [0, 0.1) is 0 Å². The predicted octanol–water partition coefficient (Wildman–Crippen LogP) is 2.97. The van der Waals surface area contributed by atoms with Crippen LogP contribution in [0.5, 0.6) is 0 Å².